The van der Waals surface area contributed by atoms with Crippen LogP contribution >= 0.6 is 0 Å². The zero-order valence-corrected chi connectivity index (χ0v) is 10.9. The molecule has 0 aromatic heterocycles. The van der Waals surface area contributed by atoms with E-state index >= 15 is 0 Å². The van der Waals surface area contributed by atoms with Gasteiger partial charge in [-0.2, -0.15) is 0 Å². The van der Waals surface area contributed by atoms with Crippen molar-refractivity contribution in [1.82, 2.24) is 4.90 Å². The van der Waals surface area contributed by atoms with Gasteiger partial charge >= 0.3 is 0 Å². The second-order valence-corrected chi connectivity index (χ2v) is 4.93. The highest BCUT2D eigenvalue weighted by atomic mass is 16.5. The molecule has 1 aliphatic heterocycles. The summed E-state index contributed by atoms with van der Waals surface area (Å²) in [6.07, 6.45) is 3.96. The highest BCUT2D eigenvalue weighted by Gasteiger charge is 2.33. The monoisotopic (exact) mass is 258 g/mol. The van der Waals surface area contributed by atoms with Crippen molar-refractivity contribution in [1.29, 1.82) is 0 Å². The molecular formula is C15H18N2O2. The molecule has 0 unspecified atom stereocenters. The van der Waals surface area contributed by atoms with Crippen LogP contribution in [0.1, 0.15) is 23.2 Å². The Labute approximate surface area is 113 Å². The van der Waals surface area contributed by atoms with Crippen LogP contribution in [0.5, 0.6) is 5.75 Å². The summed E-state index contributed by atoms with van der Waals surface area (Å²) in [5, 5.41) is 3.26. The van der Waals surface area contributed by atoms with Crippen molar-refractivity contribution in [2.75, 3.05) is 25.0 Å². The van der Waals surface area contributed by atoms with Gasteiger partial charge in [0, 0.05) is 19.1 Å². The molecule has 100 valence electrons. The number of nitrogens with one attached hydrogen (secondary N) is 1. The van der Waals surface area contributed by atoms with Gasteiger partial charge in [-0.25, -0.2) is 0 Å². The molecule has 0 bridgehead atoms. The lowest BCUT2D eigenvalue weighted by atomic mass is 10.1. The summed E-state index contributed by atoms with van der Waals surface area (Å²) < 4.78 is 5.67. The van der Waals surface area contributed by atoms with Gasteiger partial charge in [0.25, 0.3) is 5.91 Å². The molecule has 0 spiro atoms. The Kier molecular flexibility index (Phi) is 3.15. The molecule has 19 heavy (non-hydrogen) atoms. The molecular weight excluding hydrogens is 240 g/mol. The number of para-hydroxylation sites is 1. The highest BCUT2D eigenvalue weighted by molar-refractivity contribution is 5.99. The number of amides is 1. The molecule has 1 amide bonds. The van der Waals surface area contributed by atoms with Crippen molar-refractivity contribution in [2.45, 2.75) is 18.9 Å². The Bertz CT molecular complexity index is 509. The molecule has 4 nitrogen and oxygen atoms in total. The second kappa shape index (κ2) is 4.96. The molecule has 0 radical (unpaired) electrons. The van der Waals surface area contributed by atoms with E-state index < -0.39 is 0 Å². The van der Waals surface area contributed by atoms with Crippen molar-refractivity contribution in [3.05, 3.63) is 36.4 Å². The van der Waals surface area contributed by atoms with Crippen LogP contribution in [0.15, 0.2) is 30.9 Å². The lowest BCUT2D eigenvalue weighted by Gasteiger charge is -2.25. The maximum atomic E-state index is 12.7. The topological polar surface area (TPSA) is 41.6 Å². The molecule has 3 rings (SSSR count). The lowest BCUT2D eigenvalue weighted by Crippen LogP contribution is -2.34. The second-order valence-electron chi connectivity index (χ2n) is 4.93. The van der Waals surface area contributed by atoms with Crippen LogP contribution in [0.2, 0.25) is 0 Å². The van der Waals surface area contributed by atoms with Crippen LogP contribution in [0, 0.1) is 0 Å². The molecule has 4 heteroatoms. The van der Waals surface area contributed by atoms with Gasteiger partial charge in [-0.15, -0.1) is 6.58 Å². The number of hydrogen-bond acceptors (Lipinski definition) is 3. The van der Waals surface area contributed by atoms with Crippen LogP contribution in [0.3, 0.4) is 0 Å². The fourth-order valence-electron chi connectivity index (χ4n) is 2.42. The largest absolute Gasteiger partial charge is 0.489 e. The van der Waals surface area contributed by atoms with Crippen molar-refractivity contribution in [2.24, 2.45) is 0 Å². The fourth-order valence-corrected chi connectivity index (χ4v) is 2.42. The predicted molar refractivity (Wildman–Crippen MR) is 74.7 cm³/mol. The average molecular weight is 258 g/mol. The number of rotatable bonds is 4. The van der Waals surface area contributed by atoms with E-state index in [0.29, 0.717) is 30.5 Å². The van der Waals surface area contributed by atoms with E-state index in [1.807, 2.05) is 23.1 Å². The van der Waals surface area contributed by atoms with E-state index in [9.17, 15) is 4.79 Å². The smallest absolute Gasteiger partial charge is 0.258 e. The summed E-state index contributed by atoms with van der Waals surface area (Å²) in [7, 11) is 0. The number of ether oxygens (including phenoxy) is 1. The minimum absolute atomic E-state index is 0.0444. The molecule has 1 saturated carbocycles. The molecule has 1 aromatic rings. The summed E-state index contributed by atoms with van der Waals surface area (Å²) in [5.74, 6) is 0.733. The van der Waals surface area contributed by atoms with Crippen LogP contribution in [0.25, 0.3) is 0 Å². The normalized spacial score (nSPS) is 16.8. The molecule has 1 aromatic carbocycles. The van der Waals surface area contributed by atoms with Gasteiger partial charge in [-0.1, -0.05) is 12.1 Å². The number of carbonyl (C=O) groups is 1. The number of fused-ring (bicyclic) bond motifs is 1. The molecule has 1 heterocycles. The lowest BCUT2D eigenvalue weighted by molar-refractivity contribution is 0.0758. The zero-order chi connectivity index (χ0) is 13.2. The predicted octanol–water partition coefficient (Wildman–Crippen LogP) is 2.28. The maximum Gasteiger partial charge on any atom is 0.258 e. The molecule has 2 aliphatic rings. The van der Waals surface area contributed by atoms with Gasteiger partial charge in [0.05, 0.1) is 11.3 Å². The Morgan fingerprint density at radius 2 is 2.37 bits per heavy atom. The summed E-state index contributed by atoms with van der Waals surface area (Å²) in [6, 6.07) is 6.05. The average Bonchev–Trinajstić information content (AvgIpc) is 3.28. The number of carbonyl (C=O) groups excluding carboxylic acids is 1. The van der Waals surface area contributed by atoms with Crippen molar-refractivity contribution in [3.63, 3.8) is 0 Å². The van der Waals surface area contributed by atoms with E-state index in [0.717, 1.165) is 25.1 Å². The summed E-state index contributed by atoms with van der Waals surface area (Å²) >= 11 is 0. The SMILES string of the molecule is C=CCN(C(=O)c1cccc2c1OCCN2)C1CC1. The van der Waals surface area contributed by atoms with E-state index in [2.05, 4.69) is 11.9 Å². The van der Waals surface area contributed by atoms with E-state index in [1.165, 1.54) is 0 Å². The Morgan fingerprint density at radius 1 is 1.53 bits per heavy atom. The summed E-state index contributed by atoms with van der Waals surface area (Å²) in [6.45, 7) is 5.72. The van der Waals surface area contributed by atoms with Gasteiger partial charge in [0.1, 0.15) is 6.61 Å². The van der Waals surface area contributed by atoms with E-state index in [1.54, 1.807) is 6.08 Å². The third kappa shape index (κ3) is 2.30. The Hall–Kier alpha value is -1.97. The van der Waals surface area contributed by atoms with Gasteiger partial charge in [-0.3, -0.25) is 4.79 Å². The maximum absolute atomic E-state index is 12.7. The summed E-state index contributed by atoms with van der Waals surface area (Å²) in [5.41, 5.74) is 1.56. The Balaban J connectivity index is 1.92. The van der Waals surface area contributed by atoms with Crippen molar-refractivity contribution >= 4 is 11.6 Å². The standard InChI is InChI=1S/C15H18N2O2/c1-2-9-17(11-6-7-11)15(18)12-4-3-5-13-14(12)19-10-8-16-13/h2-5,11,16H,1,6-10H2. The van der Waals surface area contributed by atoms with Crippen LogP contribution in [-0.4, -0.2) is 36.5 Å². The van der Waals surface area contributed by atoms with Gasteiger partial charge < -0.3 is 15.0 Å². The quantitative estimate of drug-likeness (QED) is 0.842. The van der Waals surface area contributed by atoms with Gasteiger partial charge in [0.2, 0.25) is 0 Å². The molecule has 1 aliphatic carbocycles. The van der Waals surface area contributed by atoms with Crippen molar-refractivity contribution in [3.8, 4) is 5.75 Å². The minimum Gasteiger partial charge on any atom is -0.489 e. The van der Waals surface area contributed by atoms with Crippen LogP contribution in [-0.2, 0) is 0 Å². The van der Waals surface area contributed by atoms with E-state index in [4.69, 9.17) is 4.74 Å². The first-order valence-corrected chi connectivity index (χ1v) is 6.73. The first kappa shape index (κ1) is 12.1. The molecule has 1 fully saturated rings. The first-order valence-electron chi connectivity index (χ1n) is 6.73. The third-order valence-corrected chi connectivity index (χ3v) is 3.48. The van der Waals surface area contributed by atoms with Gasteiger partial charge in [-0.05, 0) is 25.0 Å². The zero-order valence-electron chi connectivity index (χ0n) is 10.9. The fraction of sp³-hybridized carbons (Fsp3) is 0.400. The first-order chi connectivity index (χ1) is 9.31. The van der Waals surface area contributed by atoms with Crippen molar-refractivity contribution < 1.29 is 9.53 Å². The number of benzene rings is 1. The van der Waals surface area contributed by atoms with E-state index in [-0.39, 0.29) is 5.91 Å². The van der Waals surface area contributed by atoms with Crippen LogP contribution < -0.4 is 10.1 Å². The number of nitrogens with zero attached hydrogens (tertiary/aromatic N) is 1. The molecule has 0 saturated heterocycles. The molecule has 1 N–H and O–H groups in total. The van der Waals surface area contributed by atoms with Crippen LogP contribution in [0.4, 0.5) is 5.69 Å². The number of anilines is 1. The minimum atomic E-state index is 0.0444. The molecule has 0 atom stereocenters. The highest BCUT2D eigenvalue weighted by Crippen LogP contribution is 2.34. The Morgan fingerprint density at radius 3 is 3.11 bits per heavy atom. The third-order valence-electron chi connectivity index (χ3n) is 3.48. The van der Waals surface area contributed by atoms with Gasteiger partial charge in [0.15, 0.2) is 5.75 Å². The summed E-state index contributed by atoms with van der Waals surface area (Å²) in [4.78, 5) is 14.5. The number of hydrogen-bond donors (Lipinski definition) is 1.